The summed E-state index contributed by atoms with van der Waals surface area (Å²) in [5.41, 5.74) is 1.01. The number of hydrogen-bond donors (Lipinski definition) is 0. The molecule has 8 nitrogen and oxygen atoms in total. The Kier molecular flexibility index (Phi) is 6.66. The highest BCUT2D eigenvalue weighted by atomic mass is 16.5. The molecule has 2 amide bonds. The standard InChI is InChI=1S/C22H26N2O6/c1-27-17-7-5-6-15(12-17)21(25)23-8-10-24(11-9-23)22(26)16-13-18(28-2)20(30-4)19(14-16)29-3/h5-7,12-14H,8-11H2,1-4H3. The van der Waals surface area contributed by atoms with E-state index in [4.69, 9.17) is 18.9 Å². The van der Waals surface area contributed by atoms with Crippen LogP contribution in [0.2, 0.25) is 0 Å². The van der Waals surface area contributed by atoms with Crippen LogP contribution in [0.5, 0.6) is 23.0 Å². The van der Waals surface area contributed by atoms with E-state index in [0.29, 0.717) is 60.3 Å². The Morgan fingerprint density at radius 2 is 1.23 bits per heavy atom. The molecule has 160 valence electrons. The predicted octanol–water partition coefficient (Wildman–Crippen LogP) is 2.32. The quantitative estimate of drug-likeness (QED) is 0.722. The first-order valence-corrected chi connectivity index (χ1v) is 9.55. The smallest absolute Gasteiger partial charge is 0.254 e. The molecule has 0 bridgehead atoms. The number of nitrogens with zero attached hydrogens (tertiary/aromatic N) is 2. The van der Waals surface area contributed by atoms with Crippen molar-refractivity contribution in [3.63, 3.8) is 0 Å². The van der Waals surface area contributed by atoms with Gasteiger partial charge in [-0.15, -0.1) is 0 Å². The van der Waals surface area contributed by atoms with Gasteiger partial charge in [0, 0.05) is 37.3 Å². The lowest BCUT2D eigenvalue weighted by Crippen LogP contribution is -2.50. The van der Waals surface area contributed by atoms with Crippen molar-refractivity contribution in [2.75, 3.05) is 54.6 Å². The van der Waals surface area contributed by atoms with Gasteiger partial charge in [-0.3, -0.25) is 9.59 Å². The normalized spacial score (nSPS) is 13.6. The molecule has 3 rings (SSSR count). The summed E-state index contributed by atoms with van der Waals surface area (Å²) in [6, 6.07) is 10.3. The van der Waals surface area contributed by atoms with Gasteiger partial charge in [0.1, 0.15) is 5.75 Å². The number of hydrogen-bond acceptors (Lipinski definition) is 6. The number of rotatable bonds is 6. The molecule has 0 radical (unpaired) electrons. The van der Waals surface area contributed by atoms with E-state index in [1.165, 1.54) is 21.3 Å². The lowest BCUT2D eigenvalue weighted by atomic mass is 10.1. The van der Waals surface area contributed by atoms with Crippen LogP contribution in [-0.2, 0) is 0 Å². The van der Waals surface area contributed by atoms with Crippen LogP contribution in [0.1, 0.15) is 20.7 Å². The molecule has 1 aliphatic rings. The number of methoxy groups -OCH3 is 4. The van der Waals surface area contributed by atoms with Crippen molar-refractivity contribution in [2.24, 2.45) is 0 Å². The number of ether oxygens (including phenoxy) is 4. The minimum Gasteiger partial charge on any atom is -0.497 e. The Bertz CT molecular complexity index is 897. The van der Waals surface area contributed by atoms with Gasteiger partial charge in [-0.05, 0) is 30.3 Å². The first kappa shape index (κ1) is 21.3. The molecule has 0 unspecified atom stereocenters. The van der Waals surface area contributed by atoms with E-state index in [2.05, 4.69) is 0 Å². The molecule has 8 heteroatoms. The zero-order chi connectivity index (χ0) is 21.7. The number of carbonyl (C=O) groups excluding carboxylic acids is 2. The molecular weight excluding hydrogens is 388 g/mol. The third kappa shape index (κ3) is 4.27. The minimum absolute atomic E-state index is 0.0752. The van der Waals surface area contributed by atoms with Crippen LogP contribution in [0.4, 0.5) is 0 Å². The van der Waals surface area contributed by atoms with Crippen molar-refractivity contribution in [2.45, 2.75) is 0 Å². The lowest BCUT2D eigenvalue weighted by Gasteiger charge is -2.35. The predicted molar refractivity (Wildman–Crippen MR) is 111 cm³/mol. The van der Waals surface area contributed by atoms with Crippen LogP contribution in [-0.4, -0.2) is 76.2 Å². The van der Waals surface area contributed by atoms with Gasteiger partial charge in [0.15, 0.2) is 11.5 Å². The fourth-order valence-electron chi connectivity index (χ4n) is 3.44. The van der Waals surface area contributed by atoms with Gasteiger partial charge < -0.3 is 28.7 Å². The summed E-state index contributed by atoms with van der Waals surface area (Å²) in [5, 5.41) is 0. The molecule has 0 spiro atoms. The number of piperazine rings is 1. The maximum Gasteiger partial charge on any atom is 0.254 e. The fraction of sp³-hybridized carbons (Fsp3) is 0.364. The average Bonchev–Trinajstić information content (AvgIpc) is 2.82. The Morgan fingerprint density at radius 3 is 1.70 bits per heavy atom. The van der Waals surface area contributed by atoms with Crippen molar-refractivity contribution >= 4 is 11.8 Å². The maximum atomic E-state index is 13.0. The molecule has 1 aliphatic heterocycles. The summed E-state index contributed by atoms with van der Waals surface area (Å²) in [7, 11) is 6.10. The van der Waals surface area contributed by atoms with Crippen LogP contribution in [0.3, 0.4) is 0 Å². The van der Waals surface area contributed by atoms with Crippen molar-refractivity contribution < 1.29 is 28.5 Å². The number of amides is 2. The molecule has 0 N–H and O–H groups in total. The molecular formula is C22H26N2O6. The Hall–Kier alpha value is -3.42. The molecule has 0 saturated carbocycles. The van der Waals surface area contributed by atoms with Gasteiger partial charge in [0.05, 0.1) is 28.4 Å². The van der Waals surface area contributed by atoms with Gasteiger partial charge in [-0.25, -0.2) is 0 Å². The van der Waals surface area contributed by atoms with Crippen LogP contribution >= 0.6 is 0 Å². The van der Waals surface area contributed by atoms with Crippen LogP contribution < -0.4 is 18.9 Å². The maximum absolute atomic E-state index is 13.0. The van der Waals surface area contributed by atoms with Crippen molar-refractivity contribution in [3.8, 4) is 23.0 Å². The van der Waals surface area contributed by atoms with Crippen LogP contribution in [0.15, 0.2) is 36.4 Å². The van der Waals surface area contributed by atoms with Crippen LogP contribution in [0.25, 0.3) is 0 Å². The zero-order valence-electron chi connectivity index (χ0n) is 17.6. The third-order valence-electron chi connectivity index (χ3n) is 5.08. The largest absolute Gasteiger partial charge is 0.497 e. The second-order valence-electron chi connectivity index (χ2n) is 6.73. The molecule has 0 aliphatic carbocycles. The third-order valence-corrected chi connectivity index (χ3v) is 5.08. The van der Waals surface area contributed by atoms with Crippen molar-refractivity contribution in [3.05, 3.63) is 47.5 Å². The highest BCUT2D eigenvalue weighted by molar-refractivity contribution is 5.97. The van der Waals surface area contributed by atoms with Gasteiger partial charge >= 0.3 is 0 Å². The van der Waals surface area contributed by atoms with Crippen molar-refractivity contribution in [1.29, 1.82) is 0 Å². The first-order valence-electron chi connectivity index (χ1n) is 9.55. The number of benzene rings is 2. The summed E-state index contributed by atoms with van der Waals surface area (Å²) in [6.07, 6.45) is 0. The molecule has 0 atom stereocenters. The Balaban J connectivity index is 1.70. The van der Waals surface area contributed by atoms with Gasteiger partial charge in [-0.1, -0.05) is 6.07 Å². The highest BCUT2D eigenvalue weighted by Gasteiger charge is 2.27. The van der Waals surface area contributed by atoms with E-state index in [-0.39, 0.29) is 11.8 Å². The topological polar surface area (TPSA) is 77.5 Å². The molecule has 30 heavy (non-hydrogen) atoms. The first-order chi connectivity index (χ1) is 14.5. The van der Waals surface area contributed by atoms with E-state index in [0.717, 1.165) is 0 Å². The molecule has 2 aromatic rings. The van der Waals surface area contributed by atoms with Crippen LogP contribution in [0, 0.1) is 0 Å². The van der Waals surface area contributed by atoms with Gasteiger partial charge in [-0.2, -0.15) is 0 Å². The second-order valence-corrected chi connectivity index (χ2v) is 6.73. The summed E-state index contributed by atoms with van der Waals surface area (Å²) >= 11 is 0. The molecule has 1 heterocycles. The minimum atomic E-state index is -0.150. The Labute approximate surface area is 175 Å². The van der Waals surface area contributed by atoms with Crippen molar-refractivity contribution in [1.82, 2.24) is 9.80 Å². The summed E-state index contributed by atoms with van der Waals surface area (Å²) < 4.78 is 21.2. The number of carbonyl (C=O) groups is 2. The SMILES string of the molecule is COc1cccc(C(=O)N2CCN(C(=O)c3cc(OC)c(OC)c(OC)c3)CC2)c1. The molecule has 1 saturated heterocycles. The van der Waals surface area contributed by atoms with E-state index in [1.54, 1.807) is 53.3 Å². The molecule has 2 aromatic carbocycles. The van der Waals surface area contributed by atoms with Gasteiger partial charge in [0.25, 0.3) is 11.8 Å². The average molecular weight is 414 g/mol. The molecule has 0 aromatic heterocycles. The highest BCUT2D eigenvalue weighted by Crippen LogP contribution is 2.38. The fourth-order valence-corrected chi connectivity index (χ4v) is 3.44. The lowest BCUT2D eigenvalue weighted by molar-refractivity contribution is 0.0535. The monoisotopic (exact) mass is 414 g/mol. The van der Waals surface area contributed by atoms with E-state index in [9.17, 15) is 9.59 Å². The van der Waals surface area contributed by atoms with Gasteiger partial charge in [0.2, 0.25) is 5.75 Å². The second kappa shape index (κ2) is 9.39. The van der Waals surface area contributed by atoms with E-state index >= 15 is 0 Å². The summed E-state index contributed by atoms with van der Waals surface area (Å²) in [5.74, 6) is 1.69. The van der Waals surface area contributed by atoms with E-state index < -0.39 is 0 Å². The molecule has 1 fully saturated rings. The summed E-state index contributed by atoms with van der Waals surface area (Å²) in [6.45, 7) is 1.77. The Morgan fingerprint density at radius 1 is 0.700 bits per heavy atom. The summed E-state index contributed by atoms with van der Waals surface area (Å²) in [4.78, 5) is 29.3. The zero-order valence-corrected chi connectivity index (χ0v) is 17.6. The van der Waals surface area contributed by atoms with E-state index in [1.807, 2.05) is 0 Å².